The molecule has 0 fully saturated rings. The van der Waals surface area contributed by atoms with Gasteiger partial charge in [-0.25, -0.2) is 4.39 Å². The van der Waals surface area contributed by atoms with Crippen LogP contribution in [0.3, 0.4) is 0 Å². The molecule has 0 saturated heterocycles. The summed E-state index contributed by atoms with van der Waals surface area (Å²) in [6.45, 7) is 2.08. The number of halogens is 1. The zero-order chi connectivity index (χ0) is 12.0. The number of ether oxygens (including phenoxy) is 1. The molecule has 0 aliphatic heterocycles. The Morgan fingerprint density at radius 1 is 1.38 bits per heavy atom. The van der Waals surface area contributed by atoms with Crippen molar-refractivity contribution in [1.82, 2.24) is 0 Å². The summed E-state index contributed by atoms with van der Waals surface area (Å²) in [4.78, 5) is 11.7. The number of hydrogen-bond donors (Lipinski definition) is 0. The first-order valence-corrected chi connectivity index (χ1v) is 5.55. The maximum absolute atomic E-state index is 13.3. The van der Waals surface area contributed by atoms with E-state index in [0.717, 1.165) is 19.3 Å². The van der Waals surface area contributed by atoms with Gasteiger partial charge < -0.3 is 4.74 Å². The molecule has 0 spiro atoms. The molecule has 0 heterocycles. The molecular weight excluding hydrogens is 207 g/mol. The van der Waals surface area contributed by atoms with E-state index in [4.69, 9.17) is 4.74 Å². The number of carbonyl (C=O) groups is 1. The number of unbranched alkanes of at least 4 members (excludes halogenated alkanes) is 2. The van der Waals surface area contributed by atoms with E-state index in [1.165, 1.54) is 19.2 Å². The van der Waals surface area contributed by atoms with Crippen LogP contribution in [0.5, 0.6) is 5.75 Å². The predicted octanol–water partition coefficient (Wildman–Crippen LogP) is 3.60. The van der Waals surface area contributed by atoms with Gasteiger partial charge in [-0.15, -0.1) is 0 Å². The molecule has 0 saturated carbocycles. The van der Waals surface area contributed by atoms with Crippen LogP contribution in [-0.4, -0.2) is 12.9 Å². The lowest BCUT2D eigenvalue weighted by molar-refractivity contribution is 0.0979. The van der Waals surface area contributed by atoms with Gasteiger partial charge in [0.05, 0.1) is 7.11 Å². The van der Waals surface area contributed by atoms with Gasteiger partial charge in [-0.05, 0) is 24.6 Å². The fourth-order valence-electron chi connectivity index (χ4n) is 1.52. The van der Waals surface area contributed by atoms with Gasteiger partial charge in [0.25, 0.3) is 0 Å². The summed E-state index contributed by atoms with van der Waals surface area (Å²) >= 11 is 0. The first kappa shape index (κ1) is 12.7. The molecule has 0 bridgehead atoms. The van der Waals surface area contributed by atoms with Crippen molar-refractivity contribution in [2.45, 2.75) is 32.6 Å². The summed E-state index contributed by atoms with van der Waals surface area (Å²) in [7, 11) is 1.40. The maximum Gasteiger partial charge on any atom is 0.165 e. The monoisotopic (exact) mass is 224 g/mol. The van der Waals surface area contributed by atoms with Crippen LogP contribution in [0.1, 0.15) is 43.0 Å². The van der Waals surface area contributed by atoms with Gasteiger partial charge in [0.1, 0.15) is 0 Å². The van der Waals surface area contributed by atoms with Gasteiger partial charge in [0, 0.05) is 12.0 Å². The van der Waals surface area contributed by atoms with Crippen molar-refractivity contribution in [2.75, 3.05) is 7.11 Å². The number of Topliss-reactive ketones (excluding diaryl/α,β-unsaturated/α-hetero) is 1. The summed E-state index contributed by atoms with van der Waals surface area (Å²) in [5.41, 5.74) is 0.425. The van der Waals surface area contributed by atoms with Crippen LogP contribution < -0.4 is 4.74 Å². The number of ketones is 1. The average molecular weight is 224 g/mol. The van der Waals surface area contributed by atoms with Gasteiger partial charge in [-0.1, -0.05) is 19.8 Å². The maximum atomic E-state index is 13.3. The van der Waals surface area contributed by atoms with Crippen molar-refractivity contribution in [1.29, 1.82) is 0 Å². The van der Waals surface area contributed by atoms with Gasteiger partial charge in [0.15, 0.2) is 17.3 Å². The predicted molar refractivity (Wildman–Crippen MR) is 61.4 cm³/mol. The van der Waals surface area contributed by atoms with Crippen LogP contribution in [0.25, 0.3) is 0 Å². The van der Waals surface area contributed by atoms with Crippen LogP contribution in [-0.2, 0) is 0 Å². The number of rotatable bonds is 6. The summed E-state index contributed by atoms with van der Waals surface area (Å²) in [6.07, 6.45) is 3.46. The van der Waals surface area contributed by atoms with Crippen molar-refractivity contribution < 1.29 is 13.9 Å². The normalized spacial score (nSPS) is 10.2. The highest BCUT2D eigenvalue weighted by Crippen LogP contribution is 2.19. The Morgan fingerprint density at radius 3 is 2.69 bits per heavy atom. The molecule has 1 aromatic carbocycles. The van der Waals surface area contributed by atoms with E-state index in [-0.39, 0.29) is 11.5 Å². The minimum atomic E-state index is -0.483. The molecule has 0 atom stereocenters. The average Bonchev–Trinajstić information content (AvgIpc) is 2.29. The van der Waals surface area contributed by atoms with E-state index in [1.807, 2.05) is 0 Å². The molecule has 0 aliphatic carbocycles. The van der Waals surface area contributed by atoms with E-state index in [1.54, 1.807) is 6.07 Å². The molecule has 0 aromatic heterocycles. The Labute approximate surface area is 95.4 Å². The van der Waals surface area contributed by atoms with Crippen LogP contribution >= 0.6 is 0 Å². The Hall–Kier alpha value is -1.38. The molecule has 2 nitrogen and oxygen atoms in total. The minimum absolute atomic E-state index is 0.00463. The van der Waals surface area contributed by atoms with Gasteiger partial charge in [-0.2, -0.15) is 0 Å². The van der Waals surface area contributed by atoms with Gasteiger partial charge in [-0.3, -0.25) is 4.79 Å². The van der Waals surface area contributed by atoms with Crippen molar-refractivity contribution in [2.24, 2.45) is 0 Å². The lowest BCUT2D eigenvalue weighted by Crippen LogP contribution is -2.00. The summed E-state index contributed by atoms with van der Waals surface area (Å²) in [5, 5.41) is 0. The third kappa shape index (κ3) is 3.33. The zero-order valence-corrected chi connectivity index (χ0v) is 9.75. The minimum Gasteiger partial charge on any atom is -0.494 e. The lowest BCUT2D eigenvalue weighted by Gasteiger charge is -2.04. The number of carbonyl (C=O) groups excluding carboxylic acids is 1. The van der Waals surface area contributed by atoms with Crippen molar-refractivity contribution >= 4 is 5.78 Å². The van der Waals surface area contributed by atoms with Crippen molar-refractivity contribution in [3.63, 3.8) is 0 Å². The largest absolute Gasteiger partial charge is 0.494 e. The molecular formula is C13H17FO2. The van der Waals surface area contributed by atoms with Crippen LogP contribution in [0, 0.1) is 5.82 Å². The fraction of sp³-hybridized carbons (Fsp3) is 0.462. The highest BCUT2D eigenvalue weighted by molar-refractivity contribution is 5.96. The van der Waals surface area contributed by atoms with Crippen molar-refractivity contribution in [3.8, 4) is 5.75 Å². The van der Waals surface area contributed by atoms with E-state index >= 15 is 0 Å². The molecule has 0 radical (unpaired) electrons. The summed E-state index contributed by atoms with van der Waals surface area (Å²) in [6, 6.07) is 4.34. The third-order valence-electron chi connectivity index (χ3n) is 2.48. The third-order valence-corrected chi connectivity index (χ3v) is 2.48. The van der Waals surface area contributed by atoms with Crippen LogP contribution in [0.4, 0.5) is 4.39 Å². The fourth-order valence-corrected chi connectivity index (χ4v) is 1.52. The second-order valence-corrected chi connectivity index (χ2v) is 3.73. The van der Waals surface area contributed by atoms with E-state index in [0.29, 0.717) is 12.0 Å². The molecule has 1 rings (SSSR count). The number of methoxy groups -OCH3 is 1. The molecule has 88 valence electrons. The second-order valence-electron chi connectivity index (χ2n) is 3.73. The molecule has 3 heteroatoms. The molecule has 16 heavy (non-hydrogen) atoms. The Morgan fingerprint density at radius 2 is 2.12 bits per heavy atom. The molecule has 0 N–H and O–H groups in total. The Kier molecular flexibility index (Phi) is 4.96. The first-order valence-electron chi connectivity index (χ1n) is 5.55. The lowest BCUT2D eigenvalue weighted by atomic mass is 10.0. The molecule has 1 aromatic rings. The Balaban J connectivity index is 2.66. The summed E-state index contributed by atoms with van der Waals surface area (Å²) < 4.78 is 18.1. The first-order chi connectivity index (χ1) is 7.69. The van der Waals surface area contributed by atoms with E-state index < -0.39 is 5.82 Å². The molecule has 0 aliphatic rings. The van der Waals surface area contributed by atoms with Crippen molar-refractivity contribution in [3.05, 3.63) is 29.6 Å². The standard InChI is InChI=1S/C13H17FO2/c1-3-4-5-6-12(15)10-7-8-13(16-2)11(14)9-10/h7-9H,3-6H2,1-2H3. The highest BCUT2D eigenvalue weighted by Gasteiger charge is 2.09. The SMILES string of the molecule is CCCCCC(=O)c1ccc(OC)c(F)c1. The van der Waals surface area contributed by atoms with Gasteiger partial charge >= 0.3 is 0 Å². The smallest absolute Gasteiger partial charge is 0.165 e. The van der Waals surface area contributed by atoms with Crippen LogP contribution in [0.15, 0.2) is 18.2 Å². The van der Waals surface area contributed by atoms with E-state index in [9.17, 15) is 9.18 Å². The topological polar surface area (TPSA) is 26.3 Å². The number of hydrogen-bond acceptors (Lipinski definition) is 2. The van der Waals surface area contributed by atoms with Crippen LogP contribution in [0.2, 0.25) is 0 Å². The Bertz CT molecular complexity index is 361. The van der Waals surface area contributed by atoms with Gasteiger partial charge in [0.2, 0.25) is 0 Å². The highest BCUT2D eigenvalue weighted by atomic mass is 19.1. The zero-order valence-electron chi connectivity index (χ0n) is 9.75. The second kappa shape index (κ2) is 6.26. The summed E-state index contributed by atoms with van der Waals surface area (Å²) in [5.74, 6) is -0.316. The molecule has 0 amide bonds. The number of benzene rings is 1. The van der Waals surface area contributed by atoms with E-state index in [2.05, 4.69) is 6.92 Å². The quantitative estimate of drug-likeness (QED) is 0.545. The molecule has 0 unspecified atom stereocenters.